The lowest BCUT2D eigenvalue weighted by Gasteiger charge is -2.14. The lowest BCUT2D eigenvalue weighted by Crippen LogP contribution is -2.37. The fraction of sp³-hybridized carbons (Fsp3) is 0.417. The Kier molecular flexibility index (Phi) is 11.1. The molecule has 0 atom stereocenters. The number of halogens is 1. The Hall–Kier alpha value is -2.69. The summed E-state index contributed by atoms with van der Waals surface area (Å²) in [5.74, 6) is 2.86. The third-order valence-corrected chi connectivity index (χ3v) is 5.11. The van der Waals surface area contributed by atoms with Crippen LogP contribution in [0.15, 0.2) is 47.5 Å². The van der Waals surface area contributed by atoms with Crippen molar-refractivity contribution < 1.29 is 19.0 Å². The van der Waals surface area contributed by atoms with Crippen molar-refractivity contribution in [3.8, 4) is 17.2 Å². The van der Waals surface area contributed by atoms with Gasteiger partial charge in [0.25, 0.3) is 5.91 Å². The third-order valence-electron chi connectivity index (χ3n) is 5.11. The number of nitrogens with zero attached hydrogens (tertiary/aromatic N) is 1. The molecule has 33 heavy (non-hydrogen) atoms. The molecule has 3 N–H and O–H groups in total. The van der Waals surface area contributed by atoms with Crippen LogP contribution in [0.4, 0.5) is 0 Å². The highest BCUT2D eigenvalue weighted by molar-refractivity contribution is 14.0. The van der Waals surface area contributed by atoms with E-state index >= 15 is 0 Å². The molecule has 9 heteroatoms. The molecule has 8 nitrogen and oxygen atoms in total. The van der Waals surface area contributed by atoms with Crippen LogP contribution in [0, 0.1) is 0 Å². The SMILES string of the molecule is CN=C(NCCc1ccc(OCC(=O)NC2CC2)cc1)NCc1ccc(OC)cc1OC.I. The fourth-order valence-electron chi connectivity index (χ4n) is 3.12. The van der Waals surface area contributed by atoms with Crippen LogP contribution in [-0.2, 0) is 17.8 Å². The van der Waals surface area contributed by atoms with E-state index in [1.54, 1.807) is 21.3 Å². The summed E-state index contributed by atoms with van der Waals surface area (Å²) in [7, 11) is 5.02. The van der Waals surface area contributed by atoms with E-state index in [1.165, 1.54) is 5.56 Å². The highest BCUT2D eigenvalue weighted by Gasteiger charge is 2.23. The van der Waals surface area contributed by atoms with Crippen LogP contribution in [0.2, 0.25) is 0 Å². The molecule has 2 aromatic carbocycles. The lowest BCUT2D eigenvalue weighted by atomic mass is 10.1. The topological polar surface area (TPSA) is 93.2 Å². The molecule has 1 amide bonds. The number of carbonyl (C=O) groups is 1. The second kappa shape index (κ2) is 13.8. The molecule has 2 aromatic rings. The maximum atomic E-state index is 11.7. The zero-order valence-corrected chi connectivity index (χ0v) is 21.7. The number of carbonyl (C=O) groups excluding carboxylic acids is 1. The average molecular weight is 568 g/mol. The highest BCUT2D eigenvalue weighted by Crippen LogP contribution is 2.24. The van der Waals surface area contributed by atoms with Crippen LogP contribution in [0.1, 0.15) is 24.0 Å². The maximum Gasteiger partial charge on any atom is 0.258 e. The monoisotopic (exact) mass is 568 g/mol. The fourth-order valence-corrected chi connectivity index (χ4v) is 3.12. The summed E-state index contributed by atoms with van der Waals surface area (Å²) in [6.07, 6.45) is 2.98. The summed E-state index contributed by atoms with van der Waals surface area (Å²) >= 11 is 0. The molecular formula is C24H33IN4O4. The Balaban J connectivity index is 0.00000385. The van der Waals surface area contributed by atoms with Crippen molar-refractivity contribution in [2.24, 2.45) is 4.99 Å². The average Bonchev–Trinajstić information content (AvgIpc) is 3.64. The van der Waals surface area contributed by atoms with Crippen LogP contribution < -0.4 is 30.2 Å². The van der Waals surface area contributed by atoms with Gasteiger partial charge < -0.3 is 30.2 Å². The molecule has 1 aliphatic carbocycles. The molecule has 1 saturated carbocycles. The van der Waals surface area contributed by atoms with Gasteiger partial charge in [-0.1, -0.05) is 12.1 Å². The predicted molar refractivity (Wildman–Crippen MR) is 140 cm³/mol. The van der Waals surface area contributed by atoms with Gasteiger partial charge in [-0.3, -0.25) is 9.79 Å². The number of methoxy groups -OCH3 is 2. The van der Waals surface area contributed by atoms with Gasteiger partial charge in [0.05, 0.1) is 14.2 Å². The third kappa shape index (κ3) is 8.99. The summed E-state index contributed by atoms with van der Waals surface area (Å²) in [6, 6.07) is 13.9. The molecule has 0 aliphatic heterocycles. The number of aliphatic imine (C=N–C) groups is 1. The van der Waals surface area contributed by atoms with E-state index in [9.17, 15) is 4.79 Å². The first-order valence-electron chi connectivity index (χ1n) is 10.8. The number of hydrogen-bond acceptors (Lipinski definition) is 5. The summed E-state index contributed by atoms with van der Waals surface area (Å²) in [6.45, 7) is 1.36. The van der Waals surface area contributed by atoms with Gasteiger partial charge in [-0.05, 0) is 49.1 Å². The predicted octanol–water partition coefficient (Wildman–Crippen LogP) is 2.89. The van der Waals surface area contributed by atoms with E-state index in [4.69, 9.17) is 14.2 Å². The van der Waals surface area contributed by atoms with Crippen molar-refractivity contribution in [1.29, 1.82) is 0 Å². The smallest absolute Gasteiger partial charge is 0.258 e. The van der Waals surface area contributed by atoms with E-state index in [1.807, 2.05) is 42.5 Å². The Morgan fingerprint density at radius 1 is 1.03 bits per heavy atom. The van der Waals surface area contributed by atoms with Crippen LogP contribution >= 0.6 is 24.0 Å². The Morgan fingerprint density at radius 3 is 2.39 bits per heavy atom. The van der Waals surface area contributed by atoms with Gasteiger partial charge in [-0.2, -0.15) is 0 Å². The van der Waals surface area contributed by atoms with Crippen LogP contribution in [0.3, 0.4) is 0 Å². The minimum Gasteiger partial charge on any atom is -0.497 e. The Labute approximate surface area is 212 Å². The van der Waals surface area contributed by atoms with Crippen molar-refractivity contribution in [2.45, 2.75) is 31.8 Å². The number of benzene rings is 2. The number of rotatable bonds is 11. The largest absolute Gasteiger partial charge is 0.497 e. The van der Waals surface area contributed by atoms with E-state index in [0.29, 0.717) is 24.3 Å². The number of hydrogen-bond donors (Lipinski definition) is 3. The van der Waals surface area contributed by atoms with Gasteiger partial charge in [-0.25, -0.2) is 0 Å². The minimum atomic E-state index is -0.0630. The first kappa shape index (κ1) is 26.6. The van der Waals surface area contributed by atoms with E-state index < -0.39 is 0 Å². The second-order valence-electron chi connectivity index (χ2n) is 7.55. The molecule has 0 spiro atoms. The van der Waals surface area contributed by atoms with Crippen LogP contribution in [0.5, 0.6) is 17.2 Å². The van der Waals surface area contributed by atoms with E-state index in [0.717, 1.165) is 42.9 Å². The van der Waals surface area contributed by atoms with Gasteiger partial charge in [0.2, 0.25) is 0 Å². The number of amides is 1. The summed E-state index contributed by atoms with van der Waals surface area (Å²) in [4.78, 5) is 16.0. The molecule has 1 aliphatic rings. The zero-order valence-electron chi connectivity index (χ0n) is 19.3. The second-order valence-corrected chi connectivity index (χ2v) is 7.55. The molecule has 0 heterocycles. The van der Waals surface area contributed by atoms with Crippen LogP contribution in [-0.4, -0.2) is 52.3 Å². The number of guanidine groups is 1. The number of ether oxygens (including phenoxy) is 3. The quantitative estimate of drug-likeness (QED) is 0.220. The van der Waals surface area contributed by atoms with E-state index in [-0.39, 0.29) is 36.5 Å². The van der Waals surface area contributed by atoms with Gasteiger partial charge in [0, 0.05) is 37.8 Å². The molecule has 0 saturated heterocycles. The van der Waals surface area contributed by atoms with Gasteiger partial charge >= 0.3 is 0 Å². The standard InChI is InChI=1S/C24H32N4O4.HI/c1-25-24(27-15-18-6-11-21(30-2)14-22(18)31-3)26-13-12-17-4-9-20(10-5-17)32-16-23(29)28-19-7-8-19;/h4-6,9-11,14,19H,7-8,12-13,15-16H2,1-3H3,(H,28,29)(H2,25,26,27);1H. The normalized spacial score (nSPS) is 12.9. The Morgan fingerprint density at radius 2 is 1.76 bits per heavy atom. The van der Waals surface area contributed by atoms with Gasteiger partial charge in [0.15, 0.2) is 12.6 Å². The van der Waals surface area contributed by atoms with Crippen molar-refractivity contribution in [3.63, 3.8) is 0 Å². The maximum absolute atomic E-state index is 11.7. The van der Waals surface area contributed by atoms with E-state index in [2.05, 4.69) is 20.9 Å². The summed E-state index contributed by atoms with van der Waals surface area (Å²) in [5.41, 5.74) is 2.18. The molecular weight excluding hydrogens is 535 g/mol. The minimum absolute atomic E-state index is 0. The molecule has 1 fully saturated rings. The first-order chi connectivity index (χ1) is 15.6. The van der Waals surface area contributed by atoms with Crippen molar-refractivity contribution in [1.82, 2.24) is 16.0 Å². The highest BCUT2D eigenvalue weighted by atomic mass is 127. The van der Waals surface area contributed by atoms with Crippen molar-refractivity contribution in [3.05, 3.63) is 53.6 Å². The summed E-state index contributed by atoms with van der Waals surface area (Å²) in [5, 5.41) is 9.52. The first-order valence-corrected chi connectivity index (χ1v) is 10.8. The Bertz CT molecular complexity index is 917. The molecule has 3 rings (SSSR count). The molecule has 0 unspecified atom stereocenters. The van der Waals surface area contributed by atoms with Crippen LogP contribution in [0.25, 0.3) is 0 Å². The number of nitrogens with one attached hydrogen (secondary N) is 3. The van der Waals surface area contributed by atoms with Gasteiger partial charge in [-0.15, -0.1) is 24.0 Å². The van der Waals surface area contributed by atoms with Crippen molar-refractivity contribution >= 4 is 35.8 Å². The van der Waals surface area contributed by atoms with Crippen molar-refractivity contribution in [2.75, 3.05) is 34.4 Å². The lowest BCUT2D eigenvalue weighted by molar-refractivity contribution is -0.123. The molecule has 0 radical (unpaired) electrons. The van der Waals surface area contributed by atoms with Gasteiger partial charge in [0.1, 0.15) is 17.2 Å². The molecule has 180 valence electrons. The summed E-state index contributed by atoms with van der Waals surface area (Å²) < 4.78 is 16.2. The zero-order chi connectivity index (χ0) is 22.8. The molecule has 0 bridgehead atoms. The molecule has 0 aromatic heterocycles.